The second kappa shape index (κ2) is 8.35. The van der Waals surface area contributed by atoms with E-state index in [4.69, 9.17) is 26.2 Å². The quantitative estimate of drug-likeness (QED) is 0.775. The summed E-state index contributed by atoms with van der Waals surface area (Å²) in [7, 11) is 1.60. The zero-order valence-electron chi connectivity index (χ0n) is 12.6. The van der Waals surface area contributed by atoms with Crippen LogP contribution in [-0.4, -0.2) is 31.0 Å². The molecule has 0 radical (unpaired) electrons. The molecule has 0 saturated heterocycles. The molecule has 0 spiro atoms. The van der Waals surface area contributed by atoms with Crippen molar-refractivity contribution in [3.8, 4) is 11.5 Å². The summed E-state index contributed by atoms with van der Waals surface area (Å²) in [5.41, 5.74) is 0.995. The van der Waals surface area contributed by atoms with Gasteiger partial charge in [-0.15, -0.1) is 0 Å². The van der Waals surface area contributed by atoms with Gasteiger partial charge in [0.2, 0.25) is 0 Å². The summed E-state index contributed by atoms with van der Waals surface area (Å²) < 4.78 is 11.0. The lowest BCUT2D eigenvalue weighted by Gasteiger charge is -2.18. The number of benzene rings is 1. The van der Waals surface area contributed by atoms with Crippen LogP contribution < -0.4 is 14.8 Å². The van der Waals surface area contributed by atoms with Gasteiger partial charge < -0.3 is 19.9 Å². The van der Waals surface area contributed by atoms with E-state index in [0.29, 0.717) is 23.1 Å². The van der Waals surface area contributed by atoms with Gasteiger partial charge in [0.1, 0.15) is 0 Å². The number of aliphatic hydroxyl groups excluding tert-OH is 1. The molecule has 1 aromatic carbocycles. The highest BCUT2D eigenvalue weighted by molar-refractivity contribution is 6.32. The first-order valence-electron chi connectivity index (χ1n) is 6.89. The molecule has 0 amide bonds. The van der Waals surface area contributed by atoms with Crippen molar-refractivity contribution in [2.24, 2.45) is 0 Å². The Bertz CT molecular complexity index is 420. The second-order valence-corrected chi connectivity index (χ2v) is 5.35. The summed E-state index contributed by atoms with van der Waals surface area (Å²) >= 11 is 6.26. The first-order chi connectivity index (χ1) is 9.51. The molecular formula is C15H24ClNO3. The Hall–Kier alpha value is -0.970. The maximum Gasteiger partial charge on any atom is 0.180 e. The number of hydrogen-bond donors (Lipinski definition) is 2. The Balaban J connectivity index is 2.87. The van der Waals surface area contributed by atoms with Gasteiger partial charge in [-0.1, -0.05) is 18.5 Å². The molecule has 0 saturated carbocycles. The number of methoxy groups -OCH3 is 1. The van der Waals surface area contributed by atoms with E-state index in [0.717, 1.165) is 12.0 Å². The summed E-state index contributed by atoms with van der Waals surface area (Å²) in [5.74, 6) is 1.20. The minimum absolute atomic E-state index is 0.0317. The Labute approximate surface area is 126 Å². The lowest BCUT2D eigenvalue weighted by Crippen LogP contribution is -2.31. The van der Waals surface area contributed by atoms with Crippen LogP contribution in [0.15, 0.2) is 12.1 Å². The molecule has 1 aromatic rings. The predicted octanol–water partition coefficient (Wildman–Crippen LogP) is 3.00. The zero-order chi connectivity index (χ0) is 15.1. The monoisotopic (exact) mass is 301 g/mol. The van der Waals surface area contributed by atoms with Crippen molar-refractivity contribution in [3.05, 3.63) is 22.7 Å². The van der Waals surface area contributed by atoms with Crippen molar-refractivity contribution in [3.63, 3.8) is 0 Å². The minimum atomic E-state index is 0.0317. The van der Waals surface area contributed by atoms with E-state index in [1.54, 1.807) is 7.11 Å². The maximum atomic E-state index is 9.17. The molecule has 114 valence electrons. The van der Waals surface area contributed by atoms with Crippen molar-refractivity contribution in [2.75, 3.05) is 13.7 Å². The number of rotatable bonds is 8. The standard InChI is InChI=1S/C15H24ClNO3/c1-5-12(9-18)17-8-11-6-13(16)15(20-10(2)3)14(7-11)19-4/h6-7,10,12,17-18H,5,8-9H2,1-4H3/t12-/m1/s1. The van der Waals surface area contributed by atoms with Crippen LogP contribution >= 0.6 is 11.6 Å². The van der Waals surface area contributed by atoms with Crippen molar-refractivity contribution in [1.29, 1.82) is 0 Å². The van der Waals surface area contributed by atoms with Gasteiger partial charge >= 0.3 is 0 Å². The first-order valence-corrected chi connectivity index (χ1v) is 7.26. The van der Waals surface area contributed by atoms with E-state index in [1.165, 1.54) is 0 Å². The number of nitrogens with one attached hydrogen (secondary N) is 1. The fourth-order valence-electron chi connectivity index (χ4n) is 1.83. The highest BCUT2D eigenvalue weighted by atomic mass is 35.5. The number of ether oxygens (including phenoxy) is 2. The van der Waals surface area contributed by atoms with Gasteiger partial charge in [-0.2, -0.15) is 0 Å². The third kappa shape index (κ3) is 4.85. The summed E-state index contributed by atoms with van der Waals surface area (Å²) in [6, 6.07) is 3.85. The van der Waals surface area contributed by atoms with Crippen LogP contribution in [0.3, 0.4) is 0 Å². The summed E-state index contributed by atoms with van der Waals surface area (Å²) in [6.45, 7) is 6.66. The predicted molar refractivity (Wildman–Crippen MR) is 81.8 cm³/mol. The average molecular weight is 302 g/mol. The van der Waals surface area contributed by atoms with E-state index in [2.05, 4.69) is 5.32 Å². The van der Waals surface area contributed by atoms with Crippen molar-refractivity contribution in [1.82, 2.24) is 5.32 Å². The van der Waals surface area contributed by atoms with Gasteiger partial charge in [0.15, 0.2) is 11.5 Å². The van der Waals surface area contributed by atoms with Crippen LogP contribution in [0.2, 0.25) is 5.02 Å². The fourth-order valence-corrected chi connectivity index (χ4v) is 2.10. The highest BCUT2D eigenvalue weighted by Crippen LogP contribution is 2.37. The van der Waals surface area contributed by atoms with Crippen LogP contribution in [0, 0.1) is 0 Å². The van der Waals surface area contributed by atoms with Crippen molar-refractivity contribution in [2.45, 2.75) is 45.9 Å². The maximum absolute atomic E-state index is 9.17. The van der Waals surface area contributed by atoms with Crippen LogP contribution in [0.5, 0.6) is 11.5 Å². The Morgan fingerprint density at radius 2 is 2.05 bits per heavy atom. The average Bonchev–Trinajstić information content (AvgIpc) is 2.42. The first kappa shape index (κ1) is 17.1. The molecule has 1 atom stereocenters. The largest absolute Gasteiger partial charge is 0.493 e. The molecular weight excluding hydrogens is 278 g/mol. The molecule has 4 nitrogen and oxygen atoms in total. The van der Waals surface area contributed by atoms with Crippen molar-refractivity contribution >= 4 is 11.6 Å². The number of aliphatic hydroxyl groups is 1. The molecule has 0 fully saturated rings. The lowest BCUT2D eigenvalue weighted by atomic mass is 10.1. The third-order valence-corrected chi connectivity index (χ3v) is 3.23. The van der Waals surface area contributed by atoms with E-state index in [9.17, 15) is 0 Å². The normalized spacial score (nSPS) is 12.6. The summed E-state index contributed by atoms with van der Waals surface area (Å²) in [5, 5.41) is 13.0. The SMILES string of the molecule is CC[C@H](CO)NCc1cc(Cl)c(OC(C)C)c(OC)c1. The number of hydrogen-bond acceptors (Lipinski definition) is 4. The van der Waals surface area contributed by atoms with Crippen LogP contribution in [-0.2, 0) is 6.54 Å². The van der Waals surface area contributed by atoms with E-state index >= 15 is 0 Å². The second-order valence-electron chi connectivity index (χ2n) is 4.94. The Morgan fingerprint density at radius 3 is 2.55 bits per heavy atom. The van der Waals surface area contributed by atoms with Gasteiger partial charge in [0.25, 0.3) is 0 Å². The van der Waals surface area contributed by atoms with E-state index in [1.807, 2.05) is 32.9 Å². The van der Waals surface area contributed by atoms with Crippen LogP contribution in [0.25, 0.3) is 0 Å². The Morgan fingerprint density at radius 1 is 1.35 bits per heavy atom. The smallest absolute Gasteiger partial charge is 0.180 e. The van der Waals surface area contributed by atoms with Gasteiger partial charge in [-0.3, -0.25) is 0 Å². The minimum Gasteiger partial charge on any atom is -0.493 e. The van der Waals surface area contributed by atoms with Crippen LogP contribution in [0.1, 0.15) is 32.8 Å². The molecule has 0 heterocycles. The molecule has 0 aromatic heterocycles. The molecule has 0 bridgehead atoms. The molecule has 1 rings (SSSR count). The zero-order valence-corrected chi connectivity index (χ0v) is 13.3. The molecule has 0 aliphatic carbocycles. The Kier molecular flexibility index (Phi) is 7.13. The van der Waals surface area contributed by atoms with Gasteiger partial charge in [0.05, 0.1) is 24.8 Å². The molecule has 0 aliphatic heterocycles. The topological polar surface area (TPSA) is 50.7 Å². The van der Waals surface area contributed by atoms with E-state index < -0.39 is 0 Å². The fraction of sp³-hybridized carbons (Fsp3) is 0.600. The lowest BCUT2D eigenvalue weighted by molar-refractivity contribution is 0.229. The summed E-state index contributed by atoms with van der Waals surface area (Å²) in [6.07, 6.45) is 0.903. The molecule has 0 unspecified atom stereocenters. The van der Waals surface area contributed by atoms with Gasteiger partial charge in [-0.25, -0.2) is 0 Å². The molecule has 2 N–H and O–H groups in total. The summed E-state index contributed by atoms with van der Waals surface area (Å²) in [4.78, 5) is 0. The molecule has 0 aliphatic rings. The molecule has 5 heteroatoms. The van der Waals surface area contributed by atoms with Gasteiger partial charge in [-0.05, 0) is 38.0 Å². The van der Waals surface area contributed by atoms with Crippen molar-refractivity contribution < 1.29 is 14.6 Å². The van der Waals surface area contributed by atoms with Crippen LogP contribution in [0.4, 0.5) is 0 Å². The molecule has 20 heavy (non-hydrogen) atoms. The van der Waals surface area contributed by atoms with Gasteiger partial charge in [0, 0.05) is 12.6 Å². The third-order valence-electron chi connectivity index (χ3n) is 2.95. The highest BCUT2D eigenvalue weighted by Gasteiger charge is 2.14. The number of halogens is 1. The van der Waals surface area contributed by atoms with E-state index in [-0.39, 0.29) is 18.8 Å².